The molecule has 0 aliphatic carbocycles. The third kappa shape index (κ3) is 4.57. The van der Waals surface area contributed by atoms with E-state index in [2.05, 4.69) is 23.7 Å². The molecule has 3 aromatic rings. The number of hydrogen-bond donors (Lipinski definition) is 1. The van der Waals surface area contributed by atoms with Crippen LogP contribution in [-0.4, -0.2) is 69.0 Å². The SMILES string of the molecule is Cc1cc(-c2[nH]c3cnc(C4CCN(CC(=O)N(C)C)CC4)nc3c2C(C)C)cn(C)c1=O. The van der Waals surface area contributed by atoms with E-state index in [0.717, 1.165) is 65.2 Å². The minimum Gasteiger partial charge on any atom is -0.352 e. The summed E-state index contributed by atoms with van der Waals surface area (Å²) in [6, 6.07) is 1.94. The highest BCUT2D eigenvalue weighted by Crippen LogP contribution is 2.35. The fraction of sp³-hybridized carbons (Fsp3) is 0.520. The Labute approximate surface area is 194 Å². The molecule has 1 aliphatic heterocycles. The maximum Gasteiger partial charge on any atom is 0.253 e. The Balaban J connectivity index is 1.64. The predicted molar refractivity (Wildman–Crippen MR) is 131 cm³/mol. The molecule has 0 bridgehead atoms. The van der Waals surface area contributed by atoms with Gasteiger partial charge in [0.15, 0.2) is 0 Å². The summed E-state index contributed by atoms with van der Waals surface area (Å²) in [6.45, 7) is 8.40. The highest BCUT2D eigenvalue weighted by molar-refractivity contribution is 5.88. The lowest BCUT2D eigenvalue weighted by Gasteiger charge is -2.31. The molecule has 0 radical (unpaired) electrons. The Morgan fingerprint density at radius 1 is 1.27 bits per heavy atom. The molecule has 1 amide bonds. The van der Waals surface area contributed by atoms with Gasteiger partial charge in [0.25, 0.3) is 5.56 Å². The number of likely N-dealkylation sites (N-methyl/N-ethyl adjacent to an activating group) is 1. The van der Waals surface area contributed by atoms with E-state index in [9.17, 15) is 9.59 Å². The summed E-state index contributed by atoms with van der Waals surface area (Å²) in [5.74, 6) is 1.57. The van der Waals surface area contributed by atoms with Gasteiger partial charge in [-0.1, -0.05) is 13.8 Å². The second-order valence-corrected chi connectivity index (χ2v) is 9.73. The molecule has 0 aromatic carbocycles. The van der Waals surface area contributed by atoms with Crippen molar-refractivity contribution in [2.45, 2.75) is 45.4 Å². The molecule has 0 atom stereocenters. The van der Waals surface area contributed by atoms with Gasteiger partial charge in [0.1, 0.15) is 5.82 Å². The molecule has 1 aliphatic rings. The third-order valence-electron chi connectivity index (χ3n) is 6.63. The first-order chi connectivity index (χ1) is 15.7. The Hall–Kier alpha value is -3.00. The quantitative estimate of drug-likeness (QED) is 0.646. The van der Waals surface area contributed by atoms with E-state index < -0.39 is 0 Å². The highest BCUT2D eigenvalue weighted by Gasteiger charge is 2.26. The van der Waals surface area contributed by atoms with Crippen molar-refractivity contribution in [2.75, 3.05) is 33.7 Å². The van der Waals surface area contributed by atoms with Crippen LogP contribution in [0.2, 0.25) is 0 Å². The first-order valence-corrected chi connectivity index (χ1v) is 11.6. The van der Waals surface area contributed by atoms with E-state index in [1.54, 1.807) is 30.6 Å². The average molecular weight is 451 g/mol. The molecule has 176 valence electrons. The number of piperidine rings is 1. The molecule has 0 saturated carbocycles. The minimum atomic E-state index is 0.0154. The fourth-order valence-corrected chi connectivity index (χ4v) is 4.70. The molecule has 8 heteroatoms. The summed E-state index contributed by atoms with van der Waals surface area (Å²) in [7, 11) is 5.38. The van der Waals surface area contributed by atoms with Crippen LogP contribution in [0.1, 0.15) is 55.5 Å². The van der Waals surface area contributed by atoms with E-state index in [0.29, 0.717) is 12.5 Å². The number of nitrogens with zero attached hydrogens (tertiary/aromatic N) is 5. The normalized spacial score (nSPS) is 15.5. The van der Waals surface area contributed by atoms with Crippen molar-refractivity contribution in [1.82, 2.24) is 29.3 Å². The molecule has 1 N–H and O–H groups in total. The van der Waals surface area contributed by atoms with E-state index in [1.165, 1.54) is 0 Å². The molecule has 0 spiro atoms. The van der Waals surface area contributed by atoms with Gasteiger partial charge in [-0.2, -0.15) is 0 Å². The Morgan fingerprint density at radius 2 is 1.97 bits per heavy atom. The zero-order valence-electron chi connectivity index (χ0n) is 20.5. The van der Waals surface area contributed by atoms with Crippen LogP contribution >= 0.6 is 0 Å². The number of aromatic amines is 1. The Morgan fingerprint density at radius 3 is 2.58 bits per heavy atom. The van der Waals surface area contributed by atoms with Gasteiger partial charge in [-0.05, 0) is 44.8 Å². The molecule has 0 unspecified atom stereocenters. The Bertz CT molecular complexity index is 1210. The fourth-order valence-electron chi connectivity index (χ4n) is 4.70. The van der Waals surface area contributed by atoms with Crippen molar-refractivity contribution in [1.29, 1.82) is 0 Å². The van der Waals surface area contributed by atoms with Gasteiger partial charge in [0, 0.05) is 49.9 Å². The smallest absolute Gasteiger partial charge is 0.253 e. The summed E-state index contributed by atoms with van der Waals surface area (Å²) >= 11 is 0. The summed E-state index contributed by atoms with van der Waals surface area (Å²) in [5.41, 5.74) is 5.75. The van der Waals surface area contributed by atoms with Crippen molar-refractivity contribution >= 4 is 16.9 Å². The van der Waals surface area contributed by atoms with Crippen LogP contribution in [0.4, 0.5) is 0 Å². The van der Waals surface area contributed by atoms with E-state index in [4.69, 9.17) is 9.97 Å². The second kappa shape index (κ2) is 9.09. The van der Waals surface area contributed by atoms with Gasteiger partial charge >= 0.3 is 0 Å². The van der Waals surface area contributed by atoms with Crippen LogP contribution in [0.15, 0.2) is 23.3 Å². The first kappa shape index (κ1) is 23.2. The van der Waals surface area contributed by atoms with Crippen LogP contribution in [0.25, 0.3) is 22.3 Å². The number of rotatable bonds is 5. The standard InChI is InChI=1S/C25H34N6O2/c1-15(2)21-22(18-11-16(3)25(33)30(6)13-18)27-19-12-26-24(28-23(19)21)17-7-9-31(10-8-17)14-20(32)29(4)5/h11-13,15,17,27H,7-10,14H2,1-6H3. The zero-order chi connectivity index (χ0) is 23.9. The summed E-state index contributed by atoms with van der Waals surface area (Å²) in [4.78, 5) is 41.3. The number of pyridine rings is 1. The summed E-state index contributed by atoms with van der Waals surface area (Å²) < 4.78 is 1.63. The number of amides is 1. The summed E-state index contributed by atoms with van der Waals surface area (Å²) in [6.07, 6.45) is 5.66. The van der Waals surface area contributed by atoms with Crippen LogP contribution in [0.3, 0.4) is 0 Å². The van der Waals surface area contributed by atoms with Gasteiger partial charge in [-0.15, -0.1) is 0 Å². The lowest BCUT2D eigenvalue weighted by Crippen LogP contribution is -2.40. The number of fused-ring (bicyclic) bond motifs is 1. The molecule has 8 nitrogen and oxygen atoms in total. The first-order valence-electron chi connectivity index (χ1n) is 11.6. The number of carbonyl (C=O) groups excluding carboxylic acids is 1. The largest absolute Gasteiger partial charge is 0.352 e. The number of likely N-dealkylation sites (tertiary alicyclic amines) is 1. The number of carbonyl (C=O) groups is 1. The summed E-state index contributed by atoms with van der Waals surface area (Å²) in [5, 5.41) is 0. The minimum absolute atomic E-state index is 0.0154. The van der Waals surface area contributed by atoms with E-state index in [1.807, 2.05) is 25.4 Å². The Kier molecular flexibility index (Phi) is 6.38. The molecule has 1 fully saturated rings. The number of aromatic nitrogens is 4. The average Bonchev–Trinajstić information content (AvgIpc) is 3.16. The maximum atomic E-state index is 12.2. The zero-order valence-corrected chi connectivity index (χ0v) is 20.5. The van der Waals surface area contributed by atoms with Crippen LogP contribution < -0.4 is 5.56 Å². The molecule has 4 rings (SSSR count). The molecule has 33 heavy (non-hydrogen) atoms. The van der Waals surface area contributed by atoms with Crippen LogP contribution in [0, 0.1) is 6.92 Å². The predicted octanol–water partition coefficient (Wildman–Crippen LogP) is 3.02. The molecule has 3 aromatic heterocycles. The number of hydrogen-bond acceptors (Lipinski definition) is 5. The molecule has 4 heterocycles. The monoisotopic (exact) mass is 450 g/mol. The molecule has 1 saturated heterocycles. The van der Waals surface area contributed by atoms with Gasteiger partial charge in [-0.3, -0.25) is 14.5 Å². The van der Waals surface area contributed by atoms with Crippen molar-refractivity contribution in [3.63, 3.8) is 0 Å². The number of nitrogens with one attached hydrogen (secondary N) is 1. The van der Waals surface area contributed by atoms with E-state index >= 15 is 0 Å². The van der Waals surface area contributed by atoms with Crippen molar-refractivity contribution < 1.29 is 4.79 Å². The molecular formula is C25H34N6O2. The van der Waals surface area contributed by atoms with Gasteiger partial charge in [-0.25, -0.2) is 9.97 Å². The van der Waals surface area contributed by atoms with Gasteiger partial charge in [0.05, 0.1) is 29.5 Å². The number of H-pyrrole nitrogens is 1. The topological polar surface area (TPSA) is 87.1 Å². The number of aryl methyl sites for hydroxylation is 2. The maximum absolute atomic E-state index is 12.2. The van der Waals surface area contributed by atoms with Crippen LogP contribution in [-0.2, 0) is 11.8 Å². The van der Waals surface area contributed by atoms with Crippen molar-refractivity contribution in [2.24, 2.45) is 7.05 Å². The van der Waals surface area contributed by atoms with Gasteiger partial charge < -0.3 is 14.5 Å². The molecular weight excluding hydrogens is 416 g/mol. The second-order valence-electron chi connectivity index (χ2n) is 9.73. The van der Waals surface area contributed by atoms with Crippen molar-refractivity contribution in [3.05, 3.63) is 45.8 Å². The highest BCUT2D eigenvalue weighted by atomic mass is 16.2. The van der Waals surface area contributed by atoms with E-state index in [-0.39, 0.29) is 17.4 Å². The third-order valence-corrected chi connectivity index (χ3v) is 6.63. The van der Waals surface area contributed by atoms with Gasteiger partial charge in [0.2, 0.25) is 5.91 Å². The van der Waals surface area contributed by atoms with Crippen LogP contribution in [0.5, 0.6) is 0 Å². The lowest BCUT2D eigenvalue weighted by atomic mass is 9.95. The lowest BCUT2D eigenvalue weighted by molar-refractivity contribution is -0.130. The van der Waals surface area contributed by atoms with Crippen molar-refractivity contribution in [3.8, 4) is 11.3 Å².